The van der Waals surface area contributed by atoms with Gasteiger partial charge in [-0.3, -0.25) is 0 Å². The Bertz CT molecular complexity index is 1140. The van der Waals surface area contributed by atoms with E-state index in [2.05, 4.69) is 40.0 Å². The normalized spacial score (nSPS) is 21.3. The molecule has 2 aliphatic rings. The first-order valence-electron chi connectivity index (χ1n) is 11.0. The summed E-state index contributed by atoms with van der Waals surface area (Å²) in [6.07, 6.45) is 0. The molecule has 3 aromatic rings. The predicted octanol–water partition coefficient (Wildman–Crippen LogP) is 4.38. The van der Waals surface area contributed by atoms with Crippen molar-refractivity contribution in [2.75, 3.05) is 32.8 Å². The fourth-order valence-electron chi connectivity index (χ4n) is 5.01. The van der Waals surface area contributed by atoms with E-state index in [0.29, 0.717) is 11.5 Å². The first kappa shape index (κ1) is 21.6. The second-order valence-electron chi connectivity index (χ2n) is 8.46. The third-order valence-electron chi connectivity index (χ3n) is 6.63. The maximum absolute atomic E-state index is 13.5. The van der Waals surface area contributed by atoms with E-state index in [0.717, 1.165) is 41.2 Å². The molecule has 2 heterocycles. The van der Waals surface area contributed by atoms with E-state index >= 15 is 0 Å². The molecule has 0 saturated carbocycles. The molecule has 3 atom stereocenters. The summed E-state index contributed by atoms with van der Waals surface area (Å²) in [5, 5.41) is 0. The smallest absolute Gasteiger partial charge is 0.162 e. The monoisotopic (exact) mass is 449 g/mol. The Labute approximate surface area is 193 Å². The highest BCUT2D eigenvalue weighted by atomic mass is 19.1. The van der Waals surface area contributed by atoms with Crippen LogP contribution < -0.4 is 30.0 Å². The minimum Gasteiger partial charge on any atom is -0.497 e. The van der Waals surface area contributed by atoms with Crippen molar-refractivity contribution in [2.45, 2.75) is 18.6 Å². The Morgan fingerprint density at radius 3 is 2.33 bits per heavy atom. The molecular formula is C26H28FN3O3. The van der Waals surface area contributed by atoms with Gasteiger partial charge in [-0.2, -0.15) is 0 Å². The summed E-state index contributed by atoms with van der Waals surface area (Å²) in [5.41, 5.74) is 11.4. The third-order valence-corrected chi connectivity index (χ3v) is 6.63. The van der Waals surface area contributed by atoms with Crippen LogP contribution in [0.25, 0.3) is 0 Å². The molecule has 0 amide bonds. The number of nitrogens with one attached hydrogen (secondary N) is 2. The summed E-state index contributed by atoms with van der Waals surface area (Å²) in [6.45, 7) is 1.53. The Morgan fingerprint density at radius 1 is 0.879 bits per heavy atom. The largest absolute Gasteiger partial charge is 0.497 e. The number of ether oxygens (including phenoxy) is 3. The molecule has 3 aromatic carbocycles. The van der Waals surface area contributed by atoms with Gasteiger partial charge in [0.05, 0.1) is 33.4 Å². The average Bonchev–Trinajstić information content (AvgIpc) is 3.27. The molecule has 0 aliphatic carbocycles. The topological polar surface area (TPSA) is 55.0 Å². The van der Waals surface area contributed by atoms with E-state index in [1.165, 1.54) is 12.1 Å². The van der Waals surface area contributed by atoms with E-state index in [-0.39, 0.29) is 23.8 Å². The number of hydrogen-bond acceptors (Lipinski definition) is 6. The Balaban J connectivity index is 1.55. The molecule has 172 valence electrons. The number of hydrazine groups is 1. The zero-order chi connectivity index (χ0) is 22.9. The third kappa shape index (κ3) is 3.98. The lowest BCUT2D eigenvalue weighted by atomic mass is 9.81. The minimum absolute atomic E-state index is 0.0460. The number of halogens is 1. The SMILES string of the molecule is COc1cccc(CN2CC3C(c4ccc(F)cc4)NNC3c3cc(OC)c(OC)cc32)c1. The molecule has 0 spiro atoms. The molecule has 2 aliphatic heterocycles. The van der Waals surface area contributed by atoms with E-state index in [9.17, 15) is 4.39 Å². The van der Waals surface area contributed by atoms with Crippen molar-refractivity contribution in [3.63, 3.8) is 0 Å². The van der Waals surface area contributed by atoms with Crippen molar-refractivity contribution < 1.29 is 18.6 Å². The van der Waals surface area contributed by atoms with Crippen molar-refractivity contribution in [3.05, 3.63) is 83.2 Å². The van der Waals surface area contributed by atoms with Crippen molar-refractivity contribution in [2.24, 2.45) is 5.92 Å². The molecule has 0 radical (unpaired) electrons. The van der Waals surface area contributed by atoms with Crippen LogP contribution in [0.4, 0.5) is 10.1 Å². The summed E-state index contributed by atoms with van der Waals surface area (Å²) in [6, 6.07) is 19.1. The van der Waals surface area contributed by atoms with Gasteiger partial charge in [-0.1, -0.05) is 24.3 Å². The van der Waals surface area contributed by atoms with Gasteiger partial charge in [0.1, 0.15) is 11.6 Å². The number of benzene rings is 3. The van der Waals surface area contributed by atoms with Crippen LogP contribution in [0.3, 0.4) is 0 Å². The maximum Gasteiger partial charge on any atom is 0.162 e. The quantitative estimate of drug-likeness (QED) is 0.583. The van der Waals surface area contributed by atoms with E-state index in [1.54, 1.807) is 21.3 Å². The number of hydrogen-bond donors (Lipinski definition) is 2. The van der Waals surface area contributed by atoms with Gasteiger partial charge in [0.25, 0.3) is 0 Å². The van der Waals surface area contributed by atoms with Gasteiger partial charge in [0.15, 0.2) is 11.5 Å². The lowest BCUT2D eigenvalue weighted by molar-refractivity contribution is 0.350. The molecule has 0 bridgehead atoms. The van der Waals surface area contributed by atoms with E-state index in [4.69, 9.17) is 14.2 Å². The predicted molar refractivity (Wildman–Crippen MR) is 125 cm³/mol. The van der Waals surface area contributed by atoms with Gasteiger partial charge in [0, 0.05) is 30.8 Å². The summed E-state index contributed by atoms with van der Waals surface area (Å²) in [4.78, 5) is 2.37. The summed E-state index contributed by atoms with van der Waals surface area (Å²) in [7, 11) is 4.99. The van der Waals surface area contributed by atoms with Crippen LogP contribution >= 0.6 is 0 Å². The van der Waals surface area contributed by atoms with Gasteiger partial charge in [-0.25, -0.2) is 15.2 Å². The van der Waals surface area contributed by atoms with Crippen LogP contribution in [0, 0.1) is 11.7 Å². The van der Waals surface area contributed by atoms with Crippen LogP contribution in [0.1, 0.15) is 28.8 Å². The lowest BCUT2D eigenvalue weighted by Crippen LogP contribution is -2.39. The zero-order valence-electron chi connectivity index (χ0n) is 19.0. The Kier molecular flexibility index (Phi) is 5.83. The zero-order valence-corrected chi connectivity index (χ0v) is 19.0. The molecule has 3 unspecified atom stereocenters. The highest BCUT2D eigenvalue weighted by molar-refractivity contribution is 5.65. The first-order chi connectivity index (χ1) is 16.1. The van der Waals surface area contributed by atoms with Crippen molar-refractivity contribution >= 4 is 5.69 Å². The van der Waals surface area contributed by atoms with Crippen LogP contribution in [-0.2, 0) is 6.54 Å². The molecular weight excluding hydrogens is 421 g/mol. The molecule has 0 aromatic heterocycles. The molecule has 6 nitrogen and oxygen atoms in total. The number of fused-ring (bicyclic) bond motifs is 3. The average molecular weight is 450 g/mol. The van der Waals surface area contributed by atoms with Crippen molar-refractivity contribution in [3.8, 4) is 17.2 Å². The molecule has 2 N–H and O–H groups in total. The van der Waals surface area contributed by atoms with Crippen LogP contribution in [0.15, 0.2) is 60.7 Å². The van der Waals surface area contributed by atoms with Crippen molar-refractivity contribution in [1.82, 2.24) is 10.9 Å². The van der Waals surface area contributed by atoms with Crippen LogP contribution in [0.5, 0.6) is 17.2 Å². The molecule has 1 saturated heterocycles. The van der Waals surface area contributed by atoms with Crippen LogP contribution in [0.2, 0.25) is 0 Å². The summed E-state index contributed by atoms with van der Waals surface area (Å²) >= 11 is 0. The highest BCUT2D eigenvalue weighted by Crippen LogP contribution is 2.48. The number of anilines is 1. The fourth-order valence-corrected chi connectivity index (χ4v) is 5.01. The lowest BCUT2D eigenvalue weighted by Gasteiger charge is -2.39. The van der Waals surface area contributed by atoms with E-state index < -0.39 is 0 Å². The van der Waals surface area contributed by atoms with E-state index in [1.807, 2.05) is 24.3 Å². The number of rotatable bonds is 6. The Hall–Kier alpha value is -3.29. The number of nitrogens with zero attached hydrogens (tertiary/aromatic N) is 1. The molecule has 5 rings (SSSR count). The minimum atomic E-state index is -0.230. The van der Waals surface area contributed by atoms with Gasteiger partial charge in [-0.05, 0) is 47.0 Å². The van der Waals surface area contributed by atoms with Crippen LogP contribution in [-0.4, -0.2) is 27.9 Å². The van der Waals surface area contributed by atoms with Gasteiger partial charge in [0.2, 0.25) is 0 Å². The van der Waals surface area contributed by atoms with Gasteiger partial charge in [-0.15, -0.1) is 0 Å². The summed E-state index contributed by atoms with van der Waals surface area (Å²) in [5.74, 6) is 2.23. The maximum atomic E-state index is 13.5. The molecule has 1 fully saturated rings. The number of methoxy groups -OCH3 is 3. The van der Waals surface area contributed by atoms with Gasteiger partial charge < -0.3 is 19.1 Å². The second-order valence-corrected chi connectivity index (χ2v) is 8.46. The standard InChI is InChI=1S/C26H28FN3O3/c1-31-19-6-4-5-16(11-19)14-30-15-21-25(17-7-9-18(27)10-8-17)28-29-26(21)20-12-23(32-2)24(33-3)13-22(20)30/h4-13,21,25-26,28-29H,14-15H2,1-3H3. The first-order valence-corrected chi connectivity index (χ1v) is 11.0. The van der Waals surface area contributed by atoms with Crippen molar-refractivity contribution in [1.29, 1.82) is 0 Å². The molecule has 7 heteroatoms. The fraction of sp³-hybridized carbons (Fsp3) is 0.308. The van der Waals surface area contributed by atoms with Gasteiger partial charge >= 0.3 is 0 Å². The second kappa shape index (κ2) is 8.92. The molecule has 33 heavy (non-hydrogen) atoms. The summed E-state index contributed by atoms with van der Waals surface area (Å²) < 4.78 is 30.2. The Morgan fingerprint density at radius 2 is 1.61 bits per heavy atom. The highest BCUT2D eigenvalue weighted by Gasteiger charge is 2.43.